The van der Waals surface area contributed by atoms with Gasteiger partial charge in [0.15, 0.2) is 11.6 Å². The summed E-state index contributed by atoms with van der Waals surface area (Å²) >= 11 is 0. The number of anilines is 3. The lowest BCUT2D eigenvalue weighted by Gasteiger charge is -2.14. The molecular weight excluding hydrogens is 315 g/mol. The molecule has 4 N–H and O–H groups in total. The van der Waals surface area contributed by atoms with Gasteiger partial charge in [-0.2, -0.15) is 0 Å². The minimum atomic E-state index is -0.763. The van der Waals surface area contributed by atoms with Crippen molar-refractivity contribution in [2.45, 2.75) is 6.92 Å². The Labute approximate surface area is 136 Å². The van der Waals surface area contributed by atoms with Crippen LogP contribution in [0.15, 0.2) is 34.9 Å². The Hall–Kier alpha value is -3.13. The van der Waals surface area contributed by atoms with E-state index in [1.807, 2.05) is 19.1 Å². The first kappa shape index (κ1) is 15.8. The van der Waals surface area contributed by atoms with Crippen LogP contribution in [0.1, 0.15) is 15.9 Å². The van der Waals surface area contributed by atoms with Gasteiger partial charge in [0, 0.05) is 5.69 Å². The summed E-state index contributed by atoms with van der Waals surface area (Å²) in [6, 6.07) is 8.69. The number of para-hydroxylation sites is 1. The molecule has 3 rings (SSSR count). The standard InChI is InChI=1S/C16H15FN4O3/c1-8-5-3-4-6-11(8)19-13-9(16(22)21-23-2)7-10-14(12(13)17)24-20-15(10)18/h3-7,19H,1-2H3,(H2,18,20)(H,21,22). The summed E-state index contributed by atoms with van der Waals surface area (Å²) in [6.07, 6.45) is 0. The maximum Gasteiger partial charge on any atom is 0.277 e. The molecule has 0 unspecified atom stereocenters. The molecule has 0 saturated carbocycles. The van der Waals surface area contributed by atoms with Gasteiger partial charge < -0.3 is 15.6 Å². The number of halogens is 1. The highest BCUT2D eigenvalue weighted by Crippen LogP contribution is 2.34. The summed E-state index contributed by atoms with van der Waals surface area (Å²) in [7, 11) is 1.29. The number of benzene rings is 2. The van der Waals surface area contributed by atoms with E-state index >= 15 is 0 Å². The van der Waals surface area contributed by atoms with Crippen LogP contribution in [0.3, 0.4) is 0 Å². The first-order chi connectivity index (χ1) is 11.5. The molecule has 1 aromatic heterocycles. The Balaban J connectivity index is 2.20. The summed E-state index contributed by atoms with van der Waals surface area (Å²) in [4.78, 5) is 16.9. The molecule has 3 aromatic rings. The molecule has 24 heavy (non-hydrogen) atoms. The number of hydrogen-bond acceptors (Lipinski definition) is 6. The highest BCUT2D eigenvalue weighted by molar-refractivity contribution is 6.05. The molecule has 7 nitrogen and oxygen atoms in total. The maximum absolute atomic E-state index is 14.9. The molecule has 0 bridgehead atoms. The van der Waals surface area contributed by atoms with E-state index in [0.717, 1.165) is 5.56 Å². The molecule has 1 amide bonds. The Morgan fingerprint density at radius 2 is 2.12 bits per heavy atom. The summed E-state index contributed by atoms with van der Waals surface area (Å²) in [5, 5.41) is 6.68. The number of nitrogens with two attached hydrogens (primary N) is 1. The molecule has 1 heterocycles. The molecular formula is C16H15FN4O3. The number of fused-ring (bicyclic) bond motifs is 1. The second kappa shape index (κ2) is 6.17. The Morgan fingerprint density at radius 3 is 2.83 bits per heavy atom. The van der Waals surface area contributed by atoms with Crippen molar-refractivity contribution in [1.29, 1.82) is 0 Å². The van der Waals surface area contributed by atoms with Crippen molar-refractivity contribution < 1.29 is 18.5 Å². The number of amides is 1. The molecule has 2 aromatic carbocycles. The molecule has 0 radical (unpaired) electrons. The van der Waals surface area contributed by atoms with E-state index in [-0.39, 0.29) is 28.0 Å². The van der Waals surface area contributed by atoms with E-state index in [9.17, 15) is 9.18 Å². The van der Waals surface area contributed by atoms with Crippen LogP contribution < -0.4 is 16.5 Å². The van der Waals surface area contributed by atoms with Crippen LogP contribution in [0.25, 0.3) is 11.0 Å². The van der Waals surface area contributed by atoms with E-state index in [2.05, 4.69) is 20.8 Å². The molecule has 0 saturated heterocycles. The summed E-state index contributed by atoms with van der Waals surface area (Å²) < 4.78 is 19.8. The van der Waals surface area contributed by atoms with Crippen LogP contribution in [0.4, 0.5) is 21.6 Å². The maximum atomic E-state index is 14.9. The summed E-state index contributed by atoms with van der Waals surface area (Å²) in [6.45, 7) is 1.86. The van der Waals surface area contributed by atoms with Crippen LogP contribution in [0, 0.1) is 12.7 Å². The predicted molar refractivity (Wildman–Crippen MR) is 87.3 cm³/mol. The number of hydrogen-bond donors (Lipinski definition) is 3. The molecule has 0 fully saturated rings. The number of aryl methyl sites for hydroxylation is 1. The van der Waals surface area contributed by atoms with Crippen molar-refractivity contribution in [3.8, 4) is 0 Å². The van der Waals surface area contributed by atoms with Crippen molar-refractivity contribution in [3.05, 3.63) is 47.3 Å². The third-order valence-electron chi connectivity index (χ3n) is 3.58. The zero-order chi connectivity index (χ0) is 17.3. The van der Waals surface area contributed by atoms with E-state index in [1.54, 1.807) is 12.1 Å². The fraction of sp³-hybridized carbons (Fsp3) is 0.125. The number of nitrogens with zero attached hydrogens (tertiary/aromatic N) is 1. The molecule has 0 aliphatic heterocycles. The van der Waals surface area contributed by atoms with Gasteiger partial charge in [-0.15, -0.1) is 0 Å². The molecule has 0 aliphatic rings. The normalized spacial score (nSPS) is 10.8. The van der Waals surface area contributed by atoms with Crippen molar-refractivity contribution in [1.82, 2.24) is 10.6 Å². The lowest BCUT2D eigenvalue weighted by atomic mass is 10.1. The molecule has 0 spiro atoms. The Morgan fingerprint density at radius 1 is 1.38 bits per heavy atom. The zero-order valence-electron chi connectivity index (χ0n) is 13.0. The number of hydroxylamine groups is 1. The predicted octanol–water partition coefficient (Wildman–Crippen LogP) is 2.89. The summed E-state index contributed by atoms with van der Waals surface area (Å²) in [5.74, 6) is -1.39. The van der Waals surface area contributed by atoms with Gasteiger partial charge >= 0.3 is 0 Å². The van der Waals surface area contributed by atoms with Gasteiger partial charge in [0.05, 0.1) is 23.7 Å². The van der Waals surface area contributed by atoms with Crippen LogP contribution in [0.2, 0.25) is 0 Å². The second-order valence-corrected chi connectivity index (χ2v) is 5.13. The van der Waals surface area contributed by atoms with Crippen molar-refractivity contribution >= 4 is 34.1 Å². The van der Waals surface area contributed by atoms with Gasteiger partial charge in [0.25, 0.3) is 5.91 Å². The number of carbonyl (C=O) groups is 1. The van der Waals surface area contributed by atoms with Crippen molar-refractivity contribution in [3.63, 3.8) is 0 Å². The van der Waals surface area contributed by atoms with Crippen LogP contribution in [0.5, 0.6) is 0 Å². The van der Waals surface area contributed by atoms with Crippen molar-refractivity contribution in [2.75, 3.05) is 18.2 Å². The minimum absolute atomic E-state index is 0.00203. The lowest BCUT2D eigenvalue weighted by molar-refractivity contribution is 0.0538. The van der Waals surface area contributed by atoms with E-state index in [4.69, 9.17) is 10.3 Å². The highest BCUT2D eigenvalue weighted by Gasteiger charge is 2.23. The lowest BCUT2D eigenvalue weighted by Crippen LogP contribution is -2.23. The smallest absolute Gasteiger partial charge is 0.277 e. The molecule has 0 aliphatic carbocycles. The number of rotatable bonds is 4. The van der Waals surface area contributed by atoms with Gasteiger partial charge in [-0.3, -0.25) is 9.63 Å². The SMILES string of the molecule is CONC(=O)c1cc2c(N)noc2c(F)c1Nc1ccccc1C. The van der Waals surface area contributed by atoms with Gasteiger partial charge in [-0.05, 0) is 24.6 Å². The van der Waals surface area contributed by atoms with E-state index < -0.39 is 11.7 Å². The average Bonchev–Trinajstić information content (AvgIpc) is 2.93. The number of nitrogens with one attached hydrogen (secondary N) is 2. The first-order valence-corrected chi connectivity index (χ1v) is 7.06. The first-order valence-electron chi connectivity index (χ1n) is 7.06. The average molecular weight is 330 g/mol. The summed E-state index contributed by atoms with van der Waals surface area (Å²) in [5.41, 5.74) is 9.19. The highest BCUT2D eigenvalue weighted by atomic mass is 19.1. The van der Waals surface area contributed by atoms with Gasteiger partial charge in [-0.1, -0.05) is 23.4 Å². The zero-order valence-corrected chi connectivity index (χ0v) is 13.0. The monoisotopic (exact) mass is 330 g/mol. The third-order valence-corrected chi connectivity index (χ3v) is 3.58. The van der Waals surface area contributed by atoms with Crippen molar-refractivity contribution in [2.24, 2.45) is 0 Å². The van der Waals surface area contributed by atoms with E-state index in [0.29, 0.717) is 5.69 Å². The largest absolute Gasteiger partial charge is 0.380 e. The fourth-order valence-corrected chi connectivity index (χ4v) is 2.35. The number of carbonyl (C=O) groups excluding carboxylic acids is 1. The van der Waals surface area contributed by atoms with Crippen LogP contribution in [-0.2, 0) is 4.84 Å². The number of aromatic nitrogens is 1. The minimum Gasteiger partial charge on any atom is -0.380 e. The van der Waals surface area contributed by atoms with Gasteiger partial charge in [0.2, 0.25) is 5.58 Å². The van der Waals surface area contributed by atoms with E-state index in [1.165, 1.54) is 13.2 Å². The van der Waals surface area contributed by atoms with Gasteiger partial charge in [-0.25, -0.2) is 9.87 Å². The van der Waals surface area contributed by atoms with Crippen LogP contribution >= 0.6 is 0 Å². The topological polar surface area (TPSA) is 102 Å². The fourth-order valence-electron chi connectivity index (χ4n) is 2.35. The molecule has 0 atom stereocenters. The Kier molecular flexibility index (Phi) is 4.05. The van der Waals surface area contributed by atoms with Crippen LogP contribution in [-0.4, -0.2) is 18.2 Å². The van der Waals surface area contributed by atoms with Gasteiger partial charge in [0.1, 0.15) is 0 Å². The molecule has 124 valence electrons. The molecule has 8 heteroatoms. The quantitative estimate of drug-likeness (QED) is 0.636. The second-order valence-electron chi connectivity index (χ2n) is 5.13. The third kappa shape index (κ3) is 2.63. The number of nitrogen functional groups attached to an aromatic ring is 1. The Bertz CT molecular complexity index is 923.